The minimum atomic E-state index is -3.40. The molecule has 9 nitrogen and oxygen atoms in total. The number of nitrogens with one attached hydrogen (secondary N) is 3. The highest BCUT2D eigenvalue weighted by molar-refractivity contribution is 7.92. The van der Waals surface area contributed by atoms with E-state index in [1.165, 1.54) is 0 Å². The quantitative estimate of drug-likeness (QED) is 0.191. The number of carbonyl (C=O) groups excluding carboxylic acids is 1. The number of nitrogen functional groups attached to an aromatic ring is 1. The van der Waals surface area contributed by atoms with Crippen molar-refractivity contribution in [3.8, 4) is 0 Å². The second-order valence-corrected chi connectivity index (χ2v) is 10.4. The Kier molecular flexibility index (Phi) is 6.10. The monoisotopic (exact) mass is 512 g/mol. The Labute approximate surface area is 213 Å². The van der Waals surface area contributed by atoms with Gasteiger partial charge in [0.1, 0.15) is 22.9 Å². The van der Waals surface area contributed by atoms with Gasteiger partial charge in [-0.2, -0.15) is 0 Å². The molecular formula is C27H24N6O3S. The van der Waals surface area contributed by atoms with Crippen molar-refractivity contribution in [2.75, 3.05) is 16.3 Å². The number of aromatic nitrogens is 2. The summed E-state index contributed by atoms with van der Waals surface area (Å²) in [5, 5.41) is 13.6. The van der Waals surface area contributed by atoms with E-state index in [4.69, 9.17) is 11.1 Å². The van der Waals surface area contributed by atoms with E-state index in [-0.39, 0.29) is 11.7 Å². The summed E-state index contributed by atoms with van der Waals surface area (Å²) in [6, 6.07) is 25.6. The molecule has 0 bridgehead atoms. The number of amidine groups is 1. The number of hydrogen-bond donors (Lipinski definition) is 4. The fourth-order valence-corrected chi connectivity index (χ4v) is 4.82. The van der Waals surface area contributed by atoms with Crippen LogP contribution in [0.5, 0.6) is 0 Å². The molecule has 37 heavy (non-hydrogen) atoms. The van der Waals surface area contributed by atoms with Crippen LogP contribution in [0, 0.1) is 5.41 Å². The molecule has 3 aromatic carbocycles. The van der Waals surface area contributed by atoms with Crippen LogP contribution in [0.3, 0.4) is 0 Å². The van der Waals surface area contributed by atoms with Crippen LogP contribution in [0.25, 0.3) is 21.8 Å². The highest BCUT2D eigenvalue weighted by atomic mass is 32.2. The van der Waals surface area contributed by atoms with Crippen LogP contribution in [0.1, 0.15) is 21.7 Å². The topological polar surface area (TPSA) is 143 Å². The van der Waals surface area contributed by atoms with Gasteiger partial charge in [0.05, 0.1) is 12.8 Å². The van der Waals surface area contributed by atoms with Gasteiger partial charge in [-0.1, -0.05) is 42.5 Å². The molecule has 0 saturated carbocycles. The van der Waals surface area contributed by atoms with Gasteiger partial charge in [0, 0.05) is 16.8 Å². The Morgan fingerprint density at radius 2 is 1.65 bits per heavy atom. The summed E-state index contributed by atoms with van der Waals surface area (Å²) in [4.78, 5) is 18.0. The predicted octanol–water partition coefficient (Wildman–Crippen LogP) is 4.15. The number of nitrogens with zero attached hydrogens (tertiary/aromatic N) is 2. The third kappa shape index (κ3) is 5.14. The Morgan fingerprint density at radius 1 is 0.946 bits per heavy atom. The number of nitrogens with two attached hydrogens (primary N) is 1. The van der Waals surface area contributed by atoms with Crippen molar-refractivity contribution in [3.63, 3.8) is 0 Å². The van der Waals surface area contributed by atoms with E-state index in [1.54, 1.807) is 42.5 Å². The molecule has 5 N–H and O–H groups in total. The van der Waals surface area contributed by atoms with Gasteiger partial charge in [0.25, 0.3) is 5.91 Å². The first-order valence-corrected chi connectivity index (χ1v) is 13.3. The summed E-state index contributed by atoms with van der Waals surface area (Å²) in [6.07, 6.45) is 1.07. The highest BCUT2D eigenvalue weighted by Crippen LogP contribution is 2.25. The summed E-state index contributed by atoms with van der Waals surface area (Å²) in [6.45, 7) is 0.374. The molecule has 0 aliphatic heterocycles. The molecule has 0 spiro atoms. The Morgan fingerprint density at radius 3 is 2.38 bits per heavy atom. The molecule has 1 amide bonds. The molecule has 0 aliphatic rings. The third-order valence-corrected chi connectivity index (χ3v) is 6.51. The zero-order chi connectivity index (χ0) is 26.2. The number of anilines is 2. The fraction of sp³-hybridized carbons (Fsp3) is 0.0741. The maximum Gasteiger partial charge on any atom is 0.272 e. The van der Waals surface area contributed by atoms with Crippen molar-refractivity contribution < 1.29 is 13.2 Å². The zero-order valence-electron chi connectivity index (χ0n) is 19.9. The minimum absolute atomic E-state index is 0.159. The SMILES string of the molecule is CS(=O)(=O)Nc1ccc(NC(=O)c2cc3ccc(C(=N)N)nc3n2Cc2cccc3ccccc23)cc1. The second-order valence-electron chi connectivity index (χ2n) is 8.68. The molecule has 2 aromatic heterocycles. The number of hydrogen-bond acceptors (Lipinski definition) is 5. The number of rotatable bonds is 7. The lowest BCUT2D eigenvalue weighted by Gasteiger charge is -2.13. The van der Waals surface area contributed by atoms with Crippen LogP contribution < -0.4 is 15.8 Å². The predicted molar refractivity (Wildman–Crippen MR) is 147 cm³/mol. The number of benzene rings is 3. The number of sulfonamides is 1. The lowest BCUT2D eigenvalue weighted by atomic mass is 10.0. The van der Waals surface area contributed by atoms with Gasteiger partial charge >= 0.3 is 0 Å². The number of pyridine rings is 1. The number of amides is 1. The van der Waals surface area contributed by atoms with Crippen LogP contribution in [0.2, 0.25) is 0 Å². The standard InChI is InChI=1S/C27H24N6O3S/c1-37(35,36)32-21-12-10-20(11-13-21)30-27(34)24-15-18-9-14-23(25(28)29)31-26(18)33(24)16-19-7-4-6-17-5-2-3-8-22(17)19/h2-15,32H,16H2,1H3,(H3,28,29)(H,30,34). The summed E-state index contributed by atoms with van der Waals surface area (Å²) in [5.41, 5.74) is 8.85. The average molecular weight is 513 g/mol. The number of fused-ring (bicyclic) bond motifs is 2. The summed E-state index contributed by atoms with van der Waals surface area (Å²) in [5.74, 6) is -0.514. The van der Waals surface area contributed by atoms with E-state index < -0.39 is 10.0 Å². The van der Waals surface area contributed by atoms with Crippen molar-refractivity contribution in [1.29, 1.82) is 5.41 Å². The first kappa shape index (κ1) is 24.0. The third-order valence-electron chi connectivity index (χ3n) is 5.91. The van der Waals surface area contributed by atoms with Gasteiger partial charge in [-0.05, 0) is 58.8 Å². The van der Waals surface area contributed by atoms with Crippen LogP contribution in [0.15, 0.2) is 84.9 Å². The molecule has 5 aromatic rings. The molecular weight excluding hydrogens is 488 g/mol. The van der Waals surface area contributed by atoms with E-state index in [2.05, 4.69) is 15.0 Å². The highest BCUT2D eigenvalue weighted by Gasteiger charge is 2.19. The van der Waals surface area contributed by atoms with E-state index in [0.717, 1.165) is 28.0 Å². The van der Waals surface area contributed by atoms with Crippen molar-refractivity contribution in [2.45, 2.75) is 6.54 Å². The fourth-order valence-electron chi connectivity index (χ4n) is 4.26. The lowest BCUT2D eigenvalue weighted by Crippen LogP contribution is -2.18. The molecule has 0 aliphatic carbocycles. The molecule has 5 rings (SSSR count). The normalized spacial score (nSPS) is 11.5. The number of carbonyl (C=O) groups is 1. The molecule has 0 saturated heterocycles. The summed E-state index contributed by atoms with van der Waals surface area (Å²) in [7, 11) is -3.40. The zero-order valence-corrected chi connectivity index (χ0v) is 20.7. The molecule has 0 unspecified atom stereocenters. The van der Waals surface area contributed by atoms with E-state index in [0.29, 0.717) is 35.0 Å². The smallest absolute Gasteiger partial charge is 0.272 e. The van der Waals surface area contributed by atoms with Gasteiger partial charge < -0.3 is 15.6 Å². The Bertz CT molecular complexity index is 1770. The molecule has 0 fully saturated rings. The largest absolute Gasteiger partial charge is 0.382 e. The van der Waals surface area contributed by atoms with E-state index >= 15 is 0 Å². The maximum atomic E-state index is 13.5. The molecule has 186 valence electrons. The molecule has 2 heterocycles. The van der Waals surface area contributed by atoms with Crippen LogP contribution in [-0.4, -0.2) is 36.0 Å². The van der Waals surface area contributed by atoms with E-state index in [1.807, 2.05) is 47.0 Å². The summed E-state index contributed by atoms with van der Waals surface area (Å²) >= 11 is 0. The van der Waals surface area contributed by atoms with Crippen LogP contribution >= 0.6 is 0 Å². The van der Waals surface area contributed by atoms with Gasteiger partial charge in [-0.15, -0.1) is 0 Å². The first-order valence-electron chi connectivity index (χ1n) is 11.4. The van der Waals surface area contributed by atoms with Gasteiger partial charge in [-0.3, -0.25) is 14.9 Å². The van der Waals surface area contributed by atoms with Crippen LogP contribution in [0.4, 0.5) is 11.4 Å². The average Bonchev–Trinajstić information content (AvgIpc) is 3.22. The van der Waals surface area contributed by atoms with Gasteiger partial charge in [0.15, 0.2) is 0 Å². The molecule has 10 heteroatoms. The van der Waals surface area contributed by atoms with Gasteiger partial charge in [0.2, 0.25) is 10.0 Å². The second kappa shape index (κ2) is 9.40. The minimum Gasteiger partial charge on any atom is -0.382 e. The van der Waals surface area contributed by atoms with Crippen molar-refractivity contribution in [2.24, 2.45) is 5.73 Å². The van der Waals surface area contributed by atoms with Gasteiger partial charge in [-0.25, -0.2) is 13.4 Å². The van der Waals surface area contributed by atoms with Crippen LogP contribution in [-0.2, 0) is 16.6 Å². The molecule has 0 atom stereocenters. The molecule has 0 radical (unpaired) electrons. The first-order chi connectivity index (χ1) is 17.7. The van der Waals surface area contributed by atoms with Crippen molar-refractivity contribution in [1.82, 2.24) is 9.55 Å². The summed E-state index contributed by atoms with van der Waals surface area (Å²) < 4.78 is 27.1. The lowest BCUT2D eigenvalue weighted by molar-refractivity contribution is 0.101. The Hall–Kier alpha value is -4.70. The van der Waals surface area contributed by atoms with Crippen molar-refractivity contribution >= 4 is 54.9 Å². The maximum absolute atomic E-state index is 13.5. The Balaban J connectivity index is 1.55. The van der Waals surface area contributed by atoms with Crippen molar-refractivity contribution in [3.05, 3.63) is 102 Å². The van der Waals surface area contributed by atoms with E-state index in [9.17, 15) is 13.2 Å².